The molecule has 0 spiro atoms. The number of rotatable bonds is 5. The van der Waals surface area contributed by atoms with Gasteiger partial charge in [0.25, 0.3) is 0 Å². The molecule has 0 aliphatic rings. The number of anilines is 1. The van der Waals surface area contributed by atoms with Crippen LogP contribution in [0.5, 0.6) is 0 Å². The van der Waals surface area contributed by atoms with Crippen molar-refractivity contribution in [3.8, 4) is 0 Å². The zero-order valence-electron chi connectivity index (χ0n) is 16.5. The van der Waals surface area contributed by atoms with Crippen LogP contribution in [0.3, 0.4) is 0 Å². The predicted molar refractivity (Wildman–Crippen MR) is 113 cm³/mol. The van der Waals surface area contributed by atoms with Crippen LogP contribution in [0, 0.1) is 6.07 Å². The van der Waals surface area contributed by atoms with Gasteiger partial charge in [-0.2, -0.15) is 23.8 Å². The molecule has 1 nitrogen and oxygen atoms in total. The Balaban J connectivity index is 0.00000182. The molecule has 0 saturated carbocycles. The van der Waals surface area contributed by atoms with E-state index in [0.717, 1.165) is 18.8 Å². The molecule has 3 aromatic rings. The minimum Gasteiger partial charge on any atom is -1.00 e. The van der Waals surface area contributed by atoms with Gasteiger partial charge in [0.1, 0.15) is 0 Å². The first-order valence-electron chi connectivity index (χ1n) is 8.88. The molecule has 27 heavy (non-hydrogen) atoms. The minimum atomic E-state index is 0. The van der Waals surface area contributed by atoms with Gasteiger partial charge in [-0.1, -0.05) is 87.1 Å². The number of benzene rings is 3. The summed E-state index contributed by atoms with van der Waals surface area (Å²) in [4.78, 5) is 2.40. The second-order valence-corrected chi connectivity index (χ2v) is 7.53. The molecule has 136 valence electrons. The molecule has 0 radical (unpaired) electrons. The maximum atomic E-state index is 3.65. The summed E-state index contributed by atoms with van der Waals surface area (Å²) >= 11 is 0. The first-order valence-corrected chi connectivity index (χ1v) is 8.88. The summed E-state index contributed by atoms with van der Waals surface area (Å²) in [6.07, 6.45) is 0. The Morgan fingerprint density at radius 2 is 1.19 bits per heavy atom. The van der Waals surface area contributed by atoms with Gasteiger partial charge in [-0.3, -0.25) is 0 Å². The standard InChI is InChI=1S/C24H26N.BrH.Mg/c1-24(2,3)22-15-10-16-23(17-22)25(18-20-11-6-4-7-12-20)19-21-13-8-5-9-14-21;;/h4-16H,18-19H2,1-3H3;1H;/q-1;;+2/p-1. The number of halogens is 1. The average molecular weight is 433 g/mol. The first-order chi connectivity index (χ1) is 12.0. The van der Waals surface area contributed by atoms with Gasteiger partial charge < -0.3 is 21.9 Å². The monoisotopic (exact) mass is 431 g/mol. The van der Waals surface area contributed by atoms with Crippen molar-refractivity contribution in [1.29, 1.82) is 0 Å². The van der Waals surface area contributed by atoms with Crippen LogP contribution in [0.25, 0.3) is 0 Å². The molecule has 0 atom stereocenters. The van der Waals surface area contributed by atoms with Gasteiger partial charge in [0.05, 0.1) is 0 Å². The Labute approximate surface area is 190 Å². The van der Waals surface area contributed by atoms with Crippen LogP contribution in [0.15, 0.2) is 78.9 Å². The normalized spacial score (nSPS) is 10.5. The summed E-state index contributed by atoms with van der Waals surface area (Å²) in [6, 6.07) is 31.4. The Bertz CT molecular complexity index is 756. The molecular formula is C24H26BrMgN. The van der Waals surface area contributed by atoms with E-state index < -0.39 is 0 Å². The zero-order chi connectivity index (χ0) is 17.7. The summed E-state index contributed by atoms with van der Waals surface area (Å²) in [5.41, 5.74) is 5.12. The van der Waals surface area contributed by atoms with Gasteiger partial charge in [-0.25, -0.2) is 0 Å². The van der Waals surface area contributed by atoms with Crippen LogP contribution in [0.1, 0.15) is 37.5 Å². The van der Waals surface area contributed by atoms with Crippen LogP contribution in [0.2, 0.25) is 0 Å². The van der Waals surface area contributed by atoms with Gasteiger partial charge in [0.15, 0.2) is 0 Å². The molecule has 0 heterocycles. The van der Waals surface area contributed by atoms with Crippen molar-refractivity contribution >= 4 is 28.7 Å². The smallest absolute Gasteiger partial charge is 1.00 e. The molecule has 0 unspecified atom stereocenters. The Kier molecular flexibility index (Phi) is 9.58. The van der Waals surface area contributed by atoms with E-state index in [4.69, 9.17) is 0 Å². The first kappa shape index (κ1) is 23.7. The van der Waals surface area contributed by atoms with Crippen molar-refractivity contribution in [3.63, 3.8) is 0 Å². The van der Waals surface area contributed by atoms with Gasteiger partial charge in [0, 0.05) is 13.1 Å². The predicted octanol–water partition coefficient (Wildman–Crippen LogP) is 2.61. The third-order valence-electron chi connectivity index (χ3n) is 4.36. The van der Waals surface area contributed by atoms with Crippen LogP contribution in [0.4, 0.5) is 5.69 Å². The second-order valence-electron chi connectivity index (χ2n) is 7.53. The van der Waals surface area contributed by atoms with Gasteiger partial charge in [0.2, 0.25) is 0 Å². The summed E-state index contributed by atoms with van der Waals surface area (Å²) in [5.74, 6) is 0. The molecular weight excluding hydrogens is 406 g/mol. The molecule has 0 aromatic heterocycles. The van der Waals surface area contributed by atoms with E-state index in [0.29, 0.717) is 0 Å². The molecule has 0 saturated heterocycles. The third-order valence-corrected chi connectivity index (χ3v) is 4.36. The Morgan fingerprint density at radius 1 is 0.704 bits per heavy atom. The molecule has 0 aliphatic carbocycles. The van der Waals surface area contributed by atoms with Crippen molar-refractivity contribution in [2.75, 3.05) is 4.90 Å². The zero-order valence-corrected chi connectivity index (χ0v) is 19.5. The van der Waals surface area contributed by atoms with E-state index in [1.807, 2.05) is 0 Å². The maximum Gasteiger partial charge on any atom is 2.00 e. The molecule has 3 rings (SSSR count). The van der Waals surface area contributed by atoms with Crippen LogP contribution in [-0.4, -0.2) is 23.1 Å². The van der Waals surface area contributed by atoms with Crippen LogP contribution in [-0.2, 0) is 18.5 Å². The van der Waals surface area contributed by atoms with Crippen molar-refractivity contribution in [2.45, 2.75) is 39.3 Å². The van der Waals surface area contributed by atoms with E-state index >= 15 is 0 Å². The quantitative estimate of drug-likeness (QED) is 0.443. The second kappa shape index (κ2) is 10.9. The van der Waals surface area contributed by atoms with E-state index in [-0.39, 0.29) is 45.4 Å². The molecule has 0 fully saturated rings. The Morgan fingerprint density at radius 3 is 1.63 bits per heavy atom. The minimum absolute atomic E-state index is 0. The molecule has 0 bridgehead atoms. The SMILES string of the molecule is CC(C)(C)c1[c-]c(N(Cc2ccccc2)Cc2ccccc2)ccc1.[Br-].[Mg+2]. The van der Waals surface area contributed by atoms with Gasteiger partial charge in [-0.15, -0.1) is 6.07 Å². The number of hydrogen-bond donors (Lipinski definition) is 0. The van der Waals surface area contributed by atoms with Gasteiger partial charge in [-0.05, 0) is 16.5 Å². The average Bonchev–Trinajstić information content (AvgIpc) is 2.62. The van der Waals surface area contributed by atoms with Crippen molar-refractivity contribution in [1.82, 2.24) is 0 Å². The fraction of sp³-hybridized carbons (Fsp3) is 0.250. The van der Waals surface area contributed by atoms with Crippen LogP contribution < -0.4 is 21.9 Å². The maximum absolute atomic E-state index is 3.65. The fourth-order valence-electron chi connectivity index (χ4n) is 2.91. The van der Waals surface area contributed by atoms with E-state index in [9.17, 15) is 0 Å². The van der Waals surface area contributed by atoms with E-state index in [1.165, 1.54) is 16.7 Å². The number of hydrogen-bond acceptors (Lipinski definition) is 1. The largest absolute Gasteiger partial charge is 2.00 e. The summed E-state index contributed by atoms with van der Waals surface area (Å²) < 4.78 is 0. The summed E-state index contributed by atoms with van der Waals surface area (Å²) in [5, 5.41) is 0. The molecule has 3 aromatic carbocycles. The third kappa shape index (κ3) is 6.98. The van der Waals surface area contributed by atoms with Gasteiger partial charge >= 0.3 is 23.1 Å². The van der Waals surface area contributed by atoms with Crippen LogP contribution >= 0.6 is 0 Å². The Hall–Kier alpha value is -1.29. The molecule has 0 amide bonds. The molecule has 0 N–H and O–H groups in total. The summed E-state index contributed by atoms with van der Waals surface area (Å²) in [7, 11) is 0. The van der Waals surface area contributed by atoms with Crippen molar-refractivity contribution < 1.29 is 17.0 Å². The molecule has 0 aliphatic heterocycles. The number of nitrogens with zero attached hydrogens (tertiary/aromatic N) is 1. The molecule has 3 heteroatoms. The summed E-state index contributed by atoms with van der Waals surface area (Å²) in [6.45, 7) is 8.46. The van der Waals surface area contributed by atoms with Crippen molar-refractivity contribution in [2.24, 2.45) is 0 Å². The van der Waals surface area contributed by atoms with Crippen molar-refractivity contribution in [3.05, 3.63) is 102 Å². The topological polar surface area (TPSA) is 3.24 Å². The fourth-order valence-corrected chi connectivity index (χ4v) is 2.91. The van der Waals surface area contributed by atoms with E-state index in [2.05, 4.69) is 111 Å². The van der Waals surface area contributed by atoms with E-state index in [1.54, 1.807) is 0 Å².